The van der Waals surface area contributed by atoms with Crippen LogP contribution in [-0.4, -0.2) is 37.2 Å². The summed E-state index contributed by atoms with van der Waals surface area (Å²) >= 11 is 0.710. The van der Waals surface area contributed by atoms with Crippen molar-refractivity contribution in [3.63, 3.8) is 0 Å². The summed E-state index contributed by atoms with van der Waals surface area (Å²) in [5.41, 5.74) is 1.27. The van der Waals surface area contributed by atoms with E-state index in [9.17, 15) is 28.1 Å². The first kappa shape index (κ1) is 23.7. The number of benzene rings is 2. The van der Waals surface area contributed by atoms with Gasteiger partial charge in [0.25, 0.3) is 11.6 Å². The van der Waals surface area contributed by atoms with E-state index in [-0.39, 0.29) is 21.3 Å². The number of carbonyl (C=O) groups is 1. The number of aromatic nitrogens is 4. The van der Waals surface area contributed by atoms with Crippen LogP contribution in [0.25, 0.3) is 0 Å². The SMILES string of the molecule is O=C(Nc1ccc(C2CCCC2)cc1)c1cc([N+](=O)[O-])ccc1Sc1nnnn1CC(F)(F)F. The third-order valence-electron chi connectivity index (χ3n) is 5.44. The molecule has 4 rings (SSSR count). The fourth-order valence-corrected chi connectivity index (χ4v) is 4.71. The third-order valence-corrected chi connectivity index (χ3v) is 6.49. The molecule has 1 N–H and O–H groups in total. The van der Waals surface area contributed by atoms with Crippen LogP contribution in [0.3, 0.4) is 0 Å². The maximum absolute atomic E-state index is 13.0. The largest absolute Gasteiger partial charge is 0.408 e. The predicted octanol–water partition coefficient (Wildman–Crippen LogP) is 5.20. The topological polar surface area (TPSA) is 116 Å². The average Bonchev–Trinajstić information content (AvgIpc) is 3.46. The van der Waals surface area contributed by atoms with Gasteiger partial charge in [0.15, 0.2) is 0 Å². The molecule has 1 fully saturated rings. The Balaban J connectivity index is 1.57. The van der Waals surface area contributed by atoms with Crippen LogP contribution in [0.1, 0.15) is 47.5 Å². The molecule has 0 bridgehead atoms. The van der Waals surface area contributed by atoms with Crippen molar-refractivity contribution >= 4 is 29.0 Å². The number of anilines is 1. The van der Waals surface area contributed by atoms with Gasteiger partial charge in [-0.1, -0.05) is 25.0 Å². The Hall–Kier alpha value is -3.48. The van der Waals surface area contributed by atoms with Crippen LogP contribution in [0.2, 0.25) is 0 Å². The molecule has 1 aromatic heterocycles. The summed E-state index contributed by atoms with van der Waals surface area (Å²) < 4.78 is 38.9. The minimum absolute atomic E-state index is 0.0828. The van der Waals surface area contributed by atoms with Gasteiger partial charge in [-0.3, -0.25) is 14.9 Å². The maximum Gasteiger partial charge on any atom is 0.408 e. The summed E-state index contributed by atoms with van der Waals surface area (Å²) in [4.78, 5) is 23.8. The lowest BCUT2D eigenvalue weighted by Gasteiger charge is -2.12. The van der Waals surface area contributed by atoms with Gasteiger partial charge in [-0.15, -0.1) is 5.10 Å². The van der Waals surface area contributed by atoms with Gasteiger partial charge >= 0.3 is 6.18 Å². The molecule has 178 valence electrons. The highest BCUT2D eigenvalue weighted by Crippen LogP contribution is 2.35. The molecule has 1 heterocycles. The smallest absolute Gasteiger partial charge is 0.322 e. The number of nitro benzene ring substituents is 1. The highest BCUT2D eigenvalue weighted by Gasteiger charge is 2.31. The number of nitro groups is 1. The van der Waals surface area contributed by atoms with Crippen LogP contribution in [0, 0.1) is 10.1 Å². The Morgan fingerprint density at radius 2 is 1.88 bits per heavy atom. The predicted molar refractivity (Wildman–Crippen MR) is 117 cm³/mol. The maximum atomic E-state index is 13.0. The van der Waals surface area contributed by atoms with Crippen LogP contribution in [0.15, 0.2) is 52.5 Å². The Morgan fingerprint density at radius 3 is 2.53 bits per heavy atom. The fraction of sp³-hybridized carbons (Fsp3) is 0.333. The summed E-state index contributed by atoms with van der Waals surface area (Å²) in [5, 5.41) is 23.9. The van der Waals surface area contributed by atoms with E-state index in [4.69, 9.17) is 0 Å². The van der Waals surface area contributed by atoms with Crippen molar-refractivity contribution in [2.45, 2.75) is 54.4 Å². The second-order valence-electron chi connectivity index (χ2n) is 7.83. The molecule has 1 aliphatic carbocycles. The number of halogens is 3. The molecule has 0 spiro atoms. The van der Waals surface area contributed by atoms with Crippen LogP contribution < -0.4 is 5.32 Å². The van der Waals surface area contributed by atoms with E-state index in [1.54, 1.807) is 12.1 Å². The van der Waals surface area contributed by atoms with Gasteiger partial charge in [-0.2, -0.15) is 13.2 Å². The van der Waals surface area contributed by atoms with Crippen molar-refractivity contribution in [1.82, 2.24) is 20.2 Å². The lowest BCUT2D eigenvalue weighted by molar-refractivity contribution is -0.384. The van der Waals surface area contributed by atoms with E-state index in [2.05, 4.69) is 20.8 Å². The number of nitrogens with one attached hydrogen (secondary N) is 1. The highest BCUT2D eigenvalue weighted by molar-refractivity contribution is 7.99. The minimum Gasteiger partial charge on any atom is -0.322 e. The molecule has 0 atom stereocenters. The number of hydrogen-bond acceptors (Lipinski definition) is 7. The van der Waals surface area contributed by atoms with Crippen LogP contribution in [0.5, 0.6) is 0 Å². The standard InChI is InChI=1S/C21H19F3N6O3S/c22-21(23,24)12-29-20(26-27-28-29)34-18-10-9-16(30(32)33)11-17(18)19(31)25-15-7-5-14(6-8-15)13-3-1-2-4-13/h5-11,13H,1-4,12H2,(H,25,31). The lowest BCUT2D eigenvalue weighted by Crippen LogP contribution is -2.19. The van der Waals surface area contributed by atoms with Gasteiger partial charge in [-0.25, -0.2) is 4.68 Å². The van der Waals surface area contributed by atoms with Crippen molar-refractivity contribution in [2.24, 2.45) is 0 Å². The molecule has 9 nitrogen and oxygen atoms in total. The van der Waals surface area contributed by atoms with Gasteiger partial charge in [0.1, 0.15) is 6.54 Å². The quantitative estimate of drug-likeness (QED) is 0.356. The number of rotatable bonds is 7. The Bertz CT molecular complexity index is 1190. The molecular weight excluding hydrogens is 473 g/mol. The van der Waals surface area contributed by atoms with E-state index in [0.29, 0.717) is 28.0 Å². The van der Waals surface area contributed by atoms with Crippen molar-refractivity contribution in [2.75, 3.05) is 5.32 Å². The van der Waals surface area contributed by atoms with Crippen molar-refractivity contribution < 1.29 is 22.9 Å². The summed E-state index contributed by atoms with van der Waals surface area (Å²) in [7, 11) is 0. The second kappa shape index (κ2) is 9.79. The molecule has 2 aromatic carbocycles. The first-order valence-electron chi connectivity index (χ1n) is 10.4. The molecule has 0 aliphatic heterocycles. The highest BCUT2D eigenvalue weighted by atomic mass is 32.2. The zero-order chi connectivity index (χ0) is 24.3. The van der Waals surface area contributed by atoms with Crippen molar-refractivity contribution in [1.29, 1.82) is 0 Å². The molecule has 34 heavy (non-hydrogen) atoms. The molecule has 0 unspecified atom stereocenters. The number of non-ortho nitro benzene ring substituents is 1. The molecule has 0 radical (unpaired) electrons. The van der Waals surface area contributed by atoms with Crippen LogP contribution in [0.4, 0.5) is 24.5 Å². The van der Waals surface area contributed by atoms with Gasteiger partial charge in [0.2, 0.25) is 5.16 Å². The normalized spacial score (nSPS) is 14.3. The molecule has 1 amide bonds. The molecule has 3 aromatic rings. The van der Waals surface area contributed by atoms with Gasteiger partial charge in [0.05, 0.1) is 10.5 Å². The third kappa shape index (κ3) is 5.71. The summed E-state index contributed by atoms with van der Waals surface area (Å²) in [6.07, 6.45) is 0.109. The van der Waals surface area contributed by atoms with E-state index in [1.165, 1.54) is 24.5 Å². The number of carbonyl (C=O) groups excluding carboxylic acids is 1. The van der Waals surface area contributed by atoms with Gasteiger partial charge < -0.3 is 5.32 Å². The van der Waals surface area contributed by atoms with Gasteiger partial charge in [-0.05, 0) is 64.7 Å². The fourth-order valence-electron chi connectivity index (χ4n) is 3.83. The monoisotopic (exact) mass is 492 g/mol. The number of tetrazole rings is 1. The first-order valence-corrected chi connectivity index (χ1v) is 11.2. The number of nitrogens with zero attached hydrogens (tertiary/aromatic N) is 5. The van der Waals surface area contributed by atoms with E-state index in [0.717, 1.165) is 25.0 Å². The van der Waals surface area contributed by atoms with Crippen molar-refractivity contribution in [3.05, 3.63) is 63.7 Å². The Morgan fingerprint density at radius 1 is 1.18 bits per heavy atom. The number of hydrogen-bond donors (Lipinski definition) is 1. The molecule has 1 aliphatic rings. The zero-order valence-electron chi connectivity index (χ0n) is 17.7. The van der Waals surface area contributed by atoms with E-state index < -0.39 is 23.6 Å². The summed E-state index contributed by atoms with van der Waals surface area (Å²) in [6.45, 7) is -1.41. The molecular formula is C21H19F3N6O3S. The number of amides is 1. The Kier molecular flexibility index (Phi) is 6.82. The summed E-state index contributed by atoms with van der Waals surface area (Å²) in [6, 6.07) is 10.9. The number of alkyl halides is 3. The van der Waals surface area contributed by atoms with E-state index >= 15 is 0 Å². The zero-order valence-corrected chi connectivity index (χ0v) is 18.5. The second-order valence-corrected chi connectivity index (χ2v) is 8.84. The molecule has 1 saturated carbocycles. The minimum atomic E-state index is -4.55. The van der Waals surface area contributed by atoms with E-state index in [1.807, 2.05) is 12.1 Å². The molecule has 13 heteroatoms. The Labute approximate surface area is 195 Å². The van der Waals surface area contributed by atoms with Crippen LogP contribution >= 0.6 is 11.8 Å². The molecule has 0 saturated heterocycles. The average molecular weight is 492 g/mol. The van der Waals surface area contributed by atoms with Gasteiger partial charge in [0, 0.05) is 22.7 Å². The first-order chi connectivity index (χ1) is 16.2. The van der Waals surface area contributed by atoms with Crippen molar-refractivity contribution in [3.8, 4) is 0 Å². The lowest BCUT2D eigenvalue weighted by atomic mass is 9.97. The summed E-state index contributed by atoms with van der Waals surface area (Å²) in [5.74, 6) is -0.137. The van der Waals surface area contributed by atoms with Crippen LogP contribution in [-0.2, 0) is 6.54 Å².